The fourth-order valence-corrected chi connectivity index (χ4v) is 1.88. The highest BCUT2D eigenvalue weighted by atomic mass is 14.9. The van der Waals surface area contributed by atoms with Gasteiger partial charge in [-0.05, 0) is 43.0 Å². The van der Waals surface area contributed by atoms with Crippen LogP contribution in [0, 0.1) is 0 Å². The van der Waals surface area contributed by atoms with Gasteiger partial charge in [-0.15, -0.1) is 0 Å². The van der Waals surface area contributed by atoms with E-state index >= 15 is 0 Å². The van der Waals surface area contributed by atoms with E-state index in [-0.39, 0.29) is 0 Å². The number of allylic oxidation sites excluding steroid dienone is 3. The largest absolute Gasteiger partial charge is 0.359 e. The topological polar surface area (TPSA) is 38.0 Å². The normalized spacial score (nSPS) is 11.1. The molecule has 0 aliphatic rings. The molecule has 0 aromatic heterocycles. The molecule has 0 saturated carbocycles. The summed E-state index contributed by atoms with van der Waals surface area (Å²) in [4.78, 5) is 0. The molecule has 0 heterocycles. The van der Waals surface area contributed by atoms with Crippen LogP contribution >= 0.6 is 0 Å². The summed E-state index contributed by atoms with van der Waals surface area (Å²) in [6, 6.07) is 8.23. The fraction of sp³-hybridized carbons (Fsp3) is 0.444. The number of hydrogen-bond acceptors (Lipinski definition) is 2. The molecule has 0 atom stereocenters. The summed E-state index contributed by atoms with van der Waals surface area (Å²) in [5, 5.41) is 3.48. The molecule has 0 amide bonds. The van der Waals surface area contributed by atoms with Crippen LogP contribution in [0.2, 0.25) is 0 Å². The quantitative estimate of drug-likeness (QED) is 0.697. The lowest BCUT2D eigenvalue weighted by atomic mass is 10.0. The van der Waals surface area contributed by atoms with Gasteiger partial charge in [-0.25, -0.2) is 0 Å². The number of anilines is 1. The maximum absolute atomic E-state index is 5.66. The standard InChI is InChI=1S/C16H24N2.C2H6/c1-5-12(3)13(4)16(6-2)18-15-9-7-8-14(10-15)11-17;1-2/h7-10,18H,3,5-6,11,17H2,1-2,4H3;1-2H3/b16-13+;. The Morgan fingerprint density at radius 3 is 2.35 bits per heavy atom. The molecule has 0 aliphatic carbocycles. The molecular formula is C18H30N2. The van der Waals surface area contributed by atoms with Crippen LogP contribution in [0.15, 0.2) is 47.7 Å². The second kappa shape index (κ2) is 10.3. The predicted octanol–water partition coefficient (Wildman–Crippen LogP) is 5.23. The molecule has 2 heteroatoms. The van der Waals surface area contributed by atoms with Gasteiger partial charge in [0.15, 0.2) is 0 Å². The van der Waals surface area contributed by atoms with Crippen molar-refractivity contribution >= 4 is 5.69 Å². The van der Waals surface area contributed by atoms with E-state index in [1.807, 2.05) is 26.0 Å². The van der Waals surface area contributed by atoms with E-state index in [4.69, 9.17) is 5.73 Å². The Kier molecular flexibility index (Phi) is 9.48. The number of nitrogens with one attached hydrogen (secondary N) is 1. The Hall–Kier alpha value is -1.54. The summed E-state index contributed by atoms with van der Waals surface area (Å²) >= 11 is 0. The first-order valence-corrected chi connectivity index (χ1v) is 7.56. The molecule has 0 radical (unpaired) electrons. The zero-order valence-corrected chi connectivity index (χ0v) is 13.7. The SMILES string of the molecule is C=C(CC)/C(C)=C(\CC)Nc1cccc(CN)c1.CC. The van der Waals surface area contributed by atoms with E-state index in [9.17, 15) is 0 Å². The molecule has 0 spiro atoms. The minimum Gasteiger partial charge on any atom is -0.359 e. The van der Waals surface area contributed by atoms with Crippen molar-refractivity contribution < 1.29 is 0 Å². The van der Waals surface area contributed by atoms with Crippen molar-refractivity contribution in [2.24, 2.45) is 5.73 Å². The monoisotopic (exact) mass is 274 g/mol. The lowest BCUT2D eigenvalue weighted by molar-refractivity contribution is 1.02. The van der Waals surface area contributed by atoms with E-state index in [0.717, 1.165) is 24.1 Å². The smallest absolute Gasteiger partial charge is 0.0385 e. The second-order valence-corrected chi connectivity index (χ2v) is 4.44. The zero-order chi connectivity index (χ0) is 15.5. The summed E-state index contributed by atoms with van der Waals surface area (Å²) in [5.74, 6) is 0. The zero-order valence-electron chi connectivity index (χ0n) is 13.7. The van der Waals surface area contributed by atoms with Crippen molar-refractivity contribution in [3.63, 3.8) is 0 Å². The molecule has 1 aromatic rings. The molecule has 20 heavy (non-hydrogen) atoms. The Morgan fingerprint density at radius 1 is 1.20 bits per heavy atom. The van der Waals surface area contributed by atoms with Crippen molar-refractivity contribution in [2.45, 2.75) is 54.0 Å². The van der Waals surface area contributed by atoms with Crippen LogP contribution in [0.3, 0.4) is 0 Å². The first-order valence-electron chi connectivity index (χ1n) is 7.56. The summed E-state index contributed by atoms with van der Waals surface area (Å²) in [6.45, 7) is 15.1. The van der Waals surface area contributed by atoms with Crippen LogP contribution < -0.4 is 11.1 Å². The van der Waals surface area contributed by atoms with Gasteiger partial charge >= 0.3 is 0 Å². The molecule has 1 rings (SSSR count). The summed E-state index contributed by atoms with van der Waals surface area (Å²) in [5.41, 5.74) is 11.6. The number of hydrogen-bond donors (Lipinski definition) is 2. The van der Waals surface area contributed by atoms with E-state index in [0.29, 0.717) is 6.54 Å². The third-order valence-corrected chi connectivity index (χ3v) is 3.22. The molecule has 2 nitrogen and oxygen atoms in total. The highest BCUT2D eigenvalue weighted by Gasteiger charge is 2.04. The predicted molar refractivity (Wildman–Crippen MR) is 91.7 cm³/mol. The van der Waals surface area contributed by atoms with Crippen LogP contribution in [-0.2, 0) is 6.54 Å². The van der Waals surface area contributed by atoms with E-state index in [1.165, 1.54) is 16.8 Å². The van der Waals surface area contributed by atoms with Crippen LogP contribution in [0.4, 0.5) is 5.69 Å². The number of nitrogens with two attached hydrogens (primary N) is 1. The molecular weight excluding hydrogens is 244 g/mol. The van der Waals surface area contributed by atoms with E-state index in [1.54, 1.807) is 0 Å². The summed E-state index contributed by atoms with van der Waals surface area (Å²) < 4.78 is 0. The van der Waals surface area contributed by atoms with Crippen molar-refractivity contribution in [1.82, 2.24) is 0 Å². The first kappa shape index (κ1) is 18.5. The van der Waals surface area contributed by atoms with Gasteiger partial charge in [0.25, 0.3) is 0 Å². The van der Waals surface area contributed by atoms with Gasteiger partial charge in [0, 0.05) is 17.9 Å². The Balaban J connectivity index is 0.00000172. The molecule has 1 aromatic carbocycles. The lowest BCUT2D eigenvalue weighted by Gasteiger charge is -2.15. The molecule has 0 aliphatic heterocycles. The number of benzene rings is 1. The van der Waals surface area contributed by atoms with Crippen molar-refractivity contribution in [3.05, 3.63) is 53.3 Å². The summed E-state index contributed by atoms with van der Waals surface area (Å²) in [7, 11) is 0. The van der Waals surface area contributed by atoms with Gasteiger partial charge in [-0.1, -0.05) is 52.0 Å². The highest BCUT2D eigenvalue weighted by Crippen LogP contribution is 2.21. The Morgan fingerprint density at radius 2 is 1.85 bits per heavy atom. The van der Waals surface area contributed by atoms with Gasteiger partial charge < -0.3 is 11.1 Å². The Bertz CT molecular complexity index is 444. The molecule has 0 bridgehead atoms. The van der Waals surface area contributed by atoms with Gasteiger partial charge in [0.1, 0.15) is 0 Å². The van der Waals surface area contributed by atoms with Crippen LogP contribution in [-0.4, -0.2) is 0 Å². The van der Waals surface area contributed by atoms with Crippen molar-refractivity contribution in [3.8, 4) is 0 Å². The third kappa shape index (κ3) is 5.62. The maximum atomic E-state index is 5.66. The Labute approximate surface area is 124 Å². The maximum Gasteiger partial charge on any atom is 0.0385 e. The van der Waals surface area contributed by atoms with E-state index in [2.05, 4.69) is 44.8 Å². The van der Waals surface area contributed by atoms with Crippen molar-refractivity contribution in [2.75, 3.05) is 5.32 Å². The lowest BCUT2D eigenvalue weighted by Crippen LogP contribution is -2.04. The van der Waals surface area contributed by atoms with Gasteiger partial charge in [-0.3, -0.25) is 0 Å². The summed E-state index contributed by atoms with van der Waals surface area (Å²) in [6.07, 6.45) is 1.96. The first-order chi connectivity index (χ1) is 9.62. The molecule has 0 fully saturated rings. The van der Waals surface area contributed by atoms with Gasteiger partial charge in [0.2, 0.25) is 0 Å². The number of rotatable bonds is 6. The second-order valence-electron chi connectivity index (χ2n) is 4.44. The van der Waals surface area contributed by atoms with E-state index < -0.39 is 0 Å². The molecule has 0 saturated heterocycles. The van der Waals surface area contributed by atoms with Gasteiger partial charge in [-0.2, -0.15) is 0 Å². The van der Waals surface area contributed by atoms with Crippen molar-refractivity contribution in [1.29, 1.82) is 0 Å². The average molecular weight is 274 g/mol. The van der Waals surface area contributed by atoms with Crippen LogP contribution in [0.25, 0.3) is 0 Å². The molecule has 112 valence electrons. The fourth-order valence-electron chi connectivity index (χ4n) is 1.88. The minimum atomic E-state index is 0.571. The minimum absolute atomic E-state index is 0.571. The highest BCUT2D eigenvalue weighted by molar-refractivity contribution is 5.52. The average Bonchev–Trinajstić information content (AvgIpc) is 2.53. The van der Waals surface area contributed by atoms with Gasteiger partial charge in [0.05, 0.1) is 0 Å². The van der Waals surface area contributed by atoms with Crippen LogP contribution in [0.1, 0.15) is 53.0 Å². The molecule has 0 unspecified atom stereocenters. The van der Waals surface area contributed by atoms with Crippen LogP contribution in [0.5, 0.6) is 0 Å². The molecule has 3 N–H and O–H groups in total. The third-order valence-electron chi connectivity index (χ3n) is 3.22.